The second kappa shape index (κ2) is 7.81. The summed E-state index contributed by atoms with van der Waals surface area (Å²) in [5, 5.41) is 2.57. The molecule has 2 amide bonds. The van der Waals surface area contributed by atoms with Crippen LogP contribution in [0.5, 0.6) is 0 Å². The Kier molecular flexibility index (Phi) is 6.41. The monoisotopic (exact) mass is 340 g/mol. The molecule has 1 aromatic rings. The normalized spacial score (nSPS) is 13.3. The lowest BCUT2D eigenvalue weighted by Gasteiger charge is -2.20. The van der Waals surface area contributed by atoms with Crippen LogP contribution in [0.15, 0.2) is 41.4 Å². The number of rotatable bonds is 7. The lowest BCUT2D eigenvalue weighted by Crippen LogP contribution is -2.46. The summed E-state index contributed by atoms with van der Waals surface area (Å²) in [4.78, 5) is 23.5. The molecule has 2 atom stereocenters. The number of nitrogens with two attached hydrogens (primary N) is 1. The number of benzene rings is 1. The van der Waals surface area contributed by atoms with Crippen LogP contribution in [0.4, 0.5) is 0 Å². The van der Waals surface area contributed by atoms with Crippen molar-refractivity contribution in [1.29, 1.82) is 0 Å². The fourth-order valence-corrected chi connectivity index (χ4v) is 2.04. The standard InChI is InChI=1S/C14H17BrN2O3/c1-9(15)8-11(13(16)18)17-14(19)12(20-2)10-6-4-3-5-7-10/h3-7,11-12H,1,8H2,2H3,(H2,16,18)(H,17,19)/t11-,12-/m1/s1. The van der Waals surface area contributed by atoms with Crippen molar-refractivity contribution >= 4 is 27.7 Å². The van der Waals surface area contributed by atoms with Gasteiger partial charge in [0.2, 0.25) is 5.91 Å². The lowest BCUT2D eigenvalue weighted by molar-refractivity contribution is -0.134. The van der Waals surface area contributed by atoms with Gasteiger partial charge in [-0.05, 0) is 10.0 Å². The first-order valence-corrected chi connectivity index (χ1v) is 6.75. The van der Waals surface area contributed by atoms with E-state index < -0.39 is 24.0 Å². The molecule has 0 saturated carbocycles. The van der Waals surface area contributed by atoms with E-state index in [0.29, 0.717) is 10.0 Å². The van der Waals surface area contributed by atoms with Crippen molar-refractivity contribution in [2.45, 2.75) is 18.6 Å². The Bertz CT molecular complexity index is 490. The van der Waals surface area contributed by atoms with Gasteiger partial charge in [-0.15, -0.1) is 0 Å². The first kappa shape index (κ1) is 16.4. The largest absolute Gasteiger partial charge is 0.368 e. The molecule has 0 radical (unpaired) electrons. The minimum Gasteiger partial charge on any atom is -0.368 e. The van der Waals surface area contributed by atoms with E-state index in [-0.39, 0.29) is 6.42 Å². The van der Waals surface area contributed by atoms with Crippen LogP contribution in [-0.4, -0.2) is 25.0 Å². The molecule has 0 aliphatic rings. The Labute approximate surface area is 126 Å². The molecule has 0 aliphatic heterocycles. The number of nitrogens with one attached hydrogen (secondary N) is 1. The highest BCUT2D eigenvalue weighted by molar-refractivity contribution is 9.11. The fraction of sp³-hybridized carbons (Fsp3) is 0.286. The van der Waals surface area contributed by atoms with Crippen molar-refractivity contribution < 1.29 is 14.3 Å². The highest BCUT2D eigenvalue weighted by Crippen LogP contribution is 2.17. The van der Waals surface area contributed by atoms with Crippen LogP contribution in [0.3, 0.4) is 0 Å². The highest BCUT2D eigenvalue weighted by atomic mass is 79.9. The van der Waals surface area contributed by atoms with E-state index in [4.69, 9.17) is 10.5 Å². The summed E-state index contributed by atoms with van der Waals surface area (Å²) in [6.07, 6.45) is -0.562. The zero-order valence-electron chi connectivity index (χ0n) is 11.1. The van der Waals surface area contributed by atoms with Crippen LogP contribution >= 0.6 is 15.9 Å². The van der Waals surface area contributed by atoms with Gasteiger partial charge in [0.25, 0.3) is 5.91 Å². The van der Waals surface area contributed by atoms with E-state index in [1.807, 2.05) is 6.07 Å². The van der Waals surface area contributed by atoms with Gasteiger partial charge in [0.1, 0.15) is 6.04 Å². The molecular weight excluding hydrogens is 324 g/mol. The average Bonchev–Trinajstić information content (AvgIpc) is 2.39. The van der Waals surface area contributed by atoms with Crippen molar-refractivity contribution in [3.05, 3.63) is 47.0 Å². The number of hydrogen-bond donors (Lipinski definition) is 2. The zero-order chi connectivity index (χ0) is 15.1. The summed E-state index contributed by atoms with van der Waals surface area (Å²) >= 11 is 3.15. The molecule has 0 unspecified atom stereocenters. The number of halogens is 1. The van der Waals surface area contributed by atoms with Crippen molar-refractivity contribution in [2.24, 2.45) is 5.73 Å². The molecule has 0 spiro atoms. The van der Waals surface area contributed by atoms with Gasteiger partial charge in [-0.3, -0.25) is 9.59 Å². The Balaban J connectivity index is 2.81. The molecule has 20 heavy (non-hydrogen) atoms. The first-order chi connectivity index (χ1) is 9.45. The van der Waals surface area contributed by atoms with E-state index in [1.165, 1.54) is 7.11 Å². The number of methoxy groups -OCH3 is 1. The predicted octanol–water partition coefficient (Wildman–Crippen LogP) is 1.64. The Morgan fingerprint density at radius 3 is 2.45 bits per heavy atom. The summed E-state index contributed by atoms with van der Waals surface area (Å²) in [5.41, 5.74) is 5.96. The molecule has 6 heteroatoms. The Morgan fingerprint density at radius 2 is 2.00 bits per heavy atom. The predicted molar refractivity (Wildman–Crippen MR) is 80.0 cm³/mol. The van der Waals surface area contributed by atoms with Gasteiger partial charge in [-0.25, -0.2) is 0 Å². The quantitative estimate of drug-likeness (QED) is 0.791. The van der Waals surface area contributed by atoms with Gasteiger partial charge in [-0.2, -0.15) is 0 Å². The molecule has 1 rings (SSSR count). The molecular formula is C14H17BrN2O3. The molecule has 0 fully saturated rings. The minimum atomic E-state index is -0.823. The van der Waals surface area contributed by atoms with Crippen LogP contribution < -0.4 is 11.1 Å². The molecule has 0 aliphatic carbocycles. The number of ether oxygens (including phenoxy) is 1. The molecule has 3 N–H and O–H groups in total. The summed E-state index contributed by atoms with van der Waals surface area (Å²) in [6, 6.07) is 8.18. The van der Waals surface area contributed by atoms with E-state index in [9.17, 15) is 9.59 Å². The SMILES string of the molecule is C=C(Br)C[C@@H](NC(=O)[C@H](OC)c1ccccc1)C(N)=O. The molecule has 1 aromatic carbocycles. The van der Waals surface area contributed by atoms with E-state index in [0.717, 1.165) is 0 Å². The lowest BCUT2D eigenvalue weighted by atomic mass is 10.1. The fourth-order valence-electron chi connectivity index (χ4n) is 1.71. The maximum atomic E-state index is 12.2. The van der Waals surface area contributed by atoms with Crippen LogP contribution in [0.1, 0.15) is 18.1 Å². The third kappa shape index (κ3) is 4.79. The number of carbonyl (C=O) groups is 2. The maximum absolute atomic E-state index is 12.2. The third-order valence-corrected chi connectivity index (χ3v) is 2.99. The molecule has 0 aromatic heterocycles. The van der Waals surface area contributed by atoms with Crippen LogP contribution in [0.25, 0.3) is 0 Å². The van der Waals surface area contributed by atoms with Gasteiger partial charge >= 0.3 is 0 Å². The van der Waals surface area contributed by atoms with Crippen LogP contribution in [-0.2, 0) is 14.3 Å². The van der Waals surface area contributed by atoms with Crippen LogP contribution in [0, 0.1) is 0 Å². The zero-order valence-corrected chi connectivity index (χ0v) is 12.7. The first-order valence-electron chi connectivity index (χ1n) is 5.96. The second-order valence-corrected chi connectivity index (χ2v) is 5.33. The number of primary amides is 1. The summed E-state index contributed by atoms with van der Waals surface area (Å²) in [5.74, 6) is -1.04. The number of carbonyl (C=O) groups excluding carboxylic acids is 2. The smallest absolute Gasteiger partial charge is 0.254 e. The van der Waals surface area contributed by atoms with Crippen molar-refractivity contribution in [3.8, 4) is 0 Å². The van der Waals surface area contributed by atoms with Gasteiger partial charge in [0, 0.05) is 13.5 Å². The van der Waals surface area contributed by atoms with Gasteiger partial charge < -0.3 is 15.8 Å². The van der Waals surface area contributed by atoms with Gasteiger partial charge in [0.05, 0.1) is 0 Å². The minimum absolute atomic E-state index is 0.228. The van der Waals surface area contributed by atoms with Crippen molar-refractivity contribution in [2.75, 3.05) is 7.11 Å². The molecule has 108 valence electrons. The third-order valence-electron chi connectivity index (χ3n) is 2.66. The number of amides is 2. The summed E-state index contributed by atoms with van der Waals surface area (Å²) in [7, 11) is 1.43. The van der Waals surface area contributed by atoms with Crippen molar-refractivity contribution in [3.63, 3.8) is 0 Å². The maximum Gasteiger partial charge on any atom is 0.254 e. The summed E-state index contributed by atoms with van der Waals surface area (Å²) < 4.78 is 5.76. The molecule has 0 bridgehead atoms. The Morgan fingerprint density at radius 1 is 1.40 bits per heavy atom. The van der Waals surface area contributed by atoms with Gasteiger partial charge in [-0.1, -0.05) is 52.8 Å². The molecule has 5 nitrogen and oxygen atoms in total. The average molecular weight is 341 g/mol. The van der Waals surface area contributed by atoms with Crippen LogP contribution in [0.2, 0.25) is 0 Å². The number of hydrogen-bond acceptors (Lipinski definition) is 3. The molecule has 0 saturated heterocycles. The highest BCUT2D eigenvalue weighted by Gasteiger charge is 2.25. The van der Waals surface area contributed by atoms with E-state index >= 15 is 0 Å². The van der Waals surface area contributed by atoms with Gasteiger partial charge in [0.15, 0.2) is 6.10 Å². The van der Waals surface area contributed by atoms with E-state index in [1.54, 1.807) is 24.3 Å². The van der Waals surface area contributed by atoms with Crippen molar-refractivity contribution in [1.82, 2.24) is 5.32 Å². The van der Waals surface area contributed by atoms with E-state index in [2.05, 4.69) is 27.8 Å². The molecule has 0 heterocycles. The Hall–Kier alpha value is -1.66. The summed E-state index contributed by atoms with van der Waals surface area (Å²) in [6.45, 7) is 3.63. The topological polar surface area (TPSA) is 81.4 Å². The second-order valence-electron chi connectivity index (χ2n) is 4.21.